The Hall–Kier alpha value is -3.14. The van der Waals surface area contributed by atoms with E-state index in [1.54, 1.807) is 6.07 Å². The number of carboxylic acid groups (broad SMARTS) is 1. The van der Waals surface area contributed by atoms with Gasteiger partial charge in [0.1, 0.15) is 18.2 Å². The van der Waals surface area contributed by atoms with E-state index in [2.05, 4.69) is 0 Å². The maximum atomic E-state index is 13.8. The summed E-state index contributed by atoms with van der Waals surface area (Å²) >= 11 is 0. The number of aliphatic carboxylic acids is 1. The quantitative estimate of drug-likeness (QED) is 0.477. The Morgan fingerprint density at radius 2 is 1.76 bits per heavy atom. The Morgan fingerprint density at radius 3 is 2.41 bits per heavy atom. The van der Waals surface area contributed by atoms with Crippen molar-refractivity contribution in [3.05, 3.63) is 89.7 Å². The normalized spacial score (nSPS) is 11.8. The third-order valence-corrected chi connectivity index (χ3v) is 5.09. The zero-order chi connectivity index (χ0) is 20.6. The van der Waals surface area contributed by atoms with Crippen LogP contribution in [-0.4, -0.2) is 11.1 Å². The van der Waals surface area contributed by atoms with Crippen LogP contribution in [0.15, 0.2) is 72.8 Å². The van der Waals surface area contributed by atoms with Crippen LogP contribution >= 0.6 is 0 Å². The van der Waals surface area contributed by atoms with Gasteiger partial charge in [0.05, 0.1) is 5.92 Å². The molecule has 3 rings (SSSR count). The molecule has 4 heteroatoms. The van der Waals surface area contributed by atoms with Crippen molar-refractivity contribution in [1.29, 1.82) is 0 Å². The van der Waals surface area contributed by atoms with Crippen LogP contribution in [0.2, 0.25) is 0 Å². The van der Waals surface area contributed by atoms with E-state index in [0.29, 0.717) is 25.0 Å². The molecule has 0 aliphatic carbocycles. The van der Waals surface area contributed by atoms with E-state index in [9.17, 15) is 9.18 Å². The van der Waals surface area contributed by atoms with Crippen LogP contribution in [0.1, 0.15) is 30.9 Å². The van der Waals surface area contributed by atoms with E-state index >= 15 is 0 Å². The van der Waals surface area contributed by atoms with Gasteiger partial charge in [0.25, 0.3) is 0 Å². The molecule has 1 unspecified atom stereocenters. The second-order valence-electron chi connectivity index (χ2n) is 7.08. The summed E-state index contributed by atoms with van der Waals surface area (Å²) in [5.41, 5.74) is 3.83. The van der Waals surface area contributed by atoms with Gasteiger partial charge in [-0.1, -0.05) is 55.5 Å². The van der Waals surface area contributed by atoms with Crippen LogP contribution in [0, 0.1) is 11.7 Å². The molecule has 3 aromatic rings. The van der Waals surface area contributed by atoms with Crippen LogP contribution in [0.4, 0.5) is 4.39 Å². The summed E-state index contributed by atoms with van der Waals surface area (Å²) in [6.07, 6.45) is 1.97. The van der Waals surface area contributed by atoms with Gasteiger partial charge in [-0.25, -0.2) is 4.39 Å². The molecular weight excluding hydrogens is 367 g/mol. The molecule has 150 valence electrons. The Kier molecular flexibility index (Phi) is 7.01. The molecule has 1 atom stereocenters. The number of rotatable bonds is 9. The number of carboxylic acids is 1. The fourth-order valence-electron chi connectivity index (χ4n) is 3.34. The van der Waals surface area contributed by atoms with E-state index in [1.807, 2.05) is 61.5 Å². The van der Waals surface area contributed by atoms with Crippen molar-refractivity contribution in [2.45, 2.75) is 32.8 Å². The first-order valence-corrected chi connectivity index (χ1v) is 9.85. The molecule has 29 heavy (non-hydrogen) atoms. The average molecular weight is 392 g/mol. The molecule has 0 bridgehead atoms. The molecule has 3 aromatic carbocycles. The minimum absolute atomic E-state index is 0.262. The molecule has 1 N–H and O–H groups in total. The topological polar surface area (TPSA) is 46.5 Å². The summed E-state index contributed by atoms with van der Waals surface area (Å²) < 4.78 is 19.7. The Morgan fingerprint density at radius 1 is 1.03 bits per heavy atom. The van der Waals surface area contributed by atoms with Gasteiger partial charge in [-0.05, 0) is 65.8 Å². The number of aryl methyl sites for hydroxylation is 1. The fraction of sp³-hybridized carbons (Fsp3) is 0.240. The number of carbonyl (C=O) groups is 1. The van der Waals surface area contributed by atoms with Crippen molar-refractivity contribution in [3.63, 3.8) is 0 Å². The number of hydrogen-bond donors (Lipinski definition) is 1. The summed E-state index contributed by atoms with van der Waals surface area (Å²) in [5.74, 6) is -0.642. The van der Waals surface area contributed by atoms with E-state index in [-0.39, 0.29) is 18.3 Å². The Balaban J connectivity index is 1.65. The van der Waals surface area contributed by atoms with Gasteiger partial charge in [-0.15, -0.1) is 0 Å². The van der Waals surface area contributed by atoms with Gasteiger partial charge in [0.15, 0.2) is 0 Å². The fourth-order valence-corrected chi connectivity index (χ4v) is 3.34. The molecule has 0 aliphatic rings. The lowest BCUT2D eigenvalue weighted by Gasteiger charge is -2.13. The lowest BCUT2D eigenvalue weighted by Crippen LogP contribution is -2.13. The monoisotopic (exact) mass is 392 g/mol. The molecule has 0 heterocycles. The zero-order valence-corrected chi connectivity index (χ0v) is 16.5. The van der Waals surface area contributed by atoms with Gasteiger partial charge < -0.3 is 9.84 Å². The highest BCUT2D eigenvalue weighted by Crippen LogP contribution is 2.26. The van der Waals surface area contributed by atoms with Crippen molar-refractivity contribution < 1.29 is 19.0 Å². The lowest BCUT2D eigenvalue weighted by atomic mass is 9.97. The summed E-state index contributed by atoms with van der Waals surface area (Å²) in [7, 11) is 0. The first-order valence-electron chi connectivity index (χ1n) is 9.85. The summed E-state index contributed by atoms with van der Waals surface area (Å²) in [6.45, 7) is 2.16. The molecule has 3 nitrogen and oxygen atoms in total. The van der Waals surface area contributed by atoms with Crippen LogP contribution in [0.5, 0.6) is 5.75 Å². The second kappa shape index (κ2) is 9.87. The number of hydrogen-bond acceptors (Lipinski definition) is 2. The highest BCUT2D eigenvalue weighted by atomic mass is 19.1. The molecule has 0 saturated heterocycles. The highest BCUT2D eigenvalue weighted by Gasteiger charge is 2.14. The number of halogens is 1. The third kappa shape index (κ3) is 5.67. The Labute approximate surface area is 170 Å². The SMILES string of the molecule is CCC(CCc1ccc(OCc2cc(F)ccc2-c2ccccc2)cc1)C(=O)O. The van der Waals surface area contributed by atoms with Gasteiger partial charge in [-0.3, -0.25) is 4.79 Å². The third-order valence-electron chi connectivity index (χ3n) is 5.09. The van der Waals surface area contributed by atoms with Crippen molar-refractivity contribution in [1.82, 2.24) is 0 Å². The molecule has 0 saturated carbocycles. The summed E-state index contributed by atoms with van der Waals surface area (Å²) in [6, 6.07) is 22.2. The largest absolute Gasteiger partial charge is 0.489 e. The summed E-state index contributed by atoms with van der Waals surface area (Å²) in [5, 5.41) is 9.15. The molecule has 0 aliphatic heterocycles. The van der Waals surface area contributed by atoms with Gasteiger partial charge in [0.2, 0.25) is 0 Å². The van der Waals surface area contributed by atoms with Gasteiger partial charge in [0, 0.05) is 0 Å². The van der Waals surface area contributed by atoms with Crippen molar-refractivity contribution >= 4 is 5.97 Å². The Bertz CT molecular complexity index is 936. The van der Waals surface area contributed by atoms with E-state index in [4.69, 9.17) is 9.84 Å². The number of ether oxygens (including phenoxy) is 1. The average Bonchev–Trinajstić information content (AvgIpc) is 2.74. The first kappa shape index (κ1) is 20.6. The van der Waals surface area contributed by atoms with Crippen LogP contribution in [0.3, 0.4) is 0 Å². The molecule has 0 amide bonds. The van der Waals surface area contributed by atoms with Crippen molar-refractivity contribution in [2.75, 3.05) is 0 Å². The van der Waals surface area contributed by atoms with Crippen molar-refractivity contribution in [3.8, 4) is 16.9 Å². The first-order chi connectivity index (χ1) is 14.1. The lowest BCUT2D eigenvalue weighted by molar-refractivity contribution is -0.142. The minimum Gasteiger partial charge on any atom is -0.489 e. The molecular formula is C25H25FO3. The maximum absolute atomic E-state index is 13.8. The number of benzene rings is 3. The van der Waals surface area contributed by atoms with E-state index in [0.717, 1.165) is 22.3 Å². The molecule has 0 radical (unpaired) electrons. The second-order valence-corrected chi connectivity index (χ2v) is 7.08. The van der Waals surface area contributed by atoms with E-state index in [1.165, 1.54) is 12.1 Å². The van der Waals surface area contributed by atoms with Gasteiger partial charge in [-0.2, -0.15) is 0 Å². The van der Waals surface area contributed by atoms with Crippen molar-refractivity contribution in [2.24, 2.45) is 5.92 Å². The highest BCUT2D eigenvalue weighted by molar-refractivity contribution is 5.69. The van der Waals surface area contributed by atoms with E-state index < -0.39 is 5.97 Å². The van der Waals surface area contributed by atoms with Crippen LogP contribution in [-0.2, 0) is 17.8 Å². The molecule has 0 aromatic heterocycles. The van der Waals surface area contributed by atoms with Crippen LogP contribution < -0.4 is 4.74 Å². The predicted octanol–water partition coefficient (Wildman–Crippen LogP) is 6.12. The maximum Gasteiger partial charge on any atom is 0.306 e. The molecule has 0 spiro atoms. The van der Waals surface area contributed by atoms with Crippen LogP contribution in [0.25, 0.3) is 11.1 Å². The van der Waals surface area contributed by atoms with Gasteiger partial charge >= 0.3 is 5.97 Å². The summed E-state index contributed by atoms with van der Waals surface area (Å²) in [4.78, 5) is 11.1. The minimum atomic E-state index is -0.739. The standard InChI is InChI=1S/C25H25FO3/c1-2-19(25(27)28)11-8-18-9-13-23(14-10-18)29-17-21-16-22(26)12-15-24(21)20-6-4-3-5-7-20/h3-7,9-10,12-16,19H,2,8,11,17H2,1H3,(H,27,28). The zero-order valence-electron chi connectivity index (χ0n) is 16.5. The smallest absolute Gasteiger partial charge is 0.306 e. The predicted molar refractivity (Wildman–Crippen MR) is 112 cm³/mol. The molecule has 0 fully saturated rings.